The lowest BCUT2D eigenvalue weighted by molar-refractivity contribution is 0.830. The second kappa shape index (κ2) is 5.49. The smallest absolute Gasteiger partial charge is 0.0642 e. The predicted octanol–water partition coefficient (Wildman–Crippen LogP) is 4.46. The lowest BCUT2D eigenvalue weighted by atomic mass is 10.1. The number of benzene rings is 2. The molecule has 0 saturated carbocycles. The summed E-state index contributed by atoms with van der Waals surface area (Å²) in [5.41, 5.74) is 9.12. The number of nitrogens with two attached hydrogens (primary N) is 1. The van der Waals surface area contributed by atoms with Crippen LogP contribution in [0.5, 0.6) is 0 Å². The van der Waals surface area contributed by atoms with Crippen molar-refractivity contribution in [2.75, 3.05) is 0 Å². The van der Waals surface area contributed by atoms with Crippen LogP contribution < -0.4 is 5.73 Å². The quantitative estimate of drug-likeness (QED) is 0.761. The van der Waals surface area contributed by atoms with Crippen molar-refractivity contribution in [3.63, 3.8) is 0 Å². The summed E-state index contributed by atoms with van der Waals surface area (Å²) in [5.74, 6) is 0. The molecule has 0 aliphatic heterocycles. The molecule has 20 heavy (non-hydrogen) atoms. The van der Waals surface area contributed by atoms with Crippen LogP contribution >= 0.6 is 23.2 Å². The van der Waals surface area contributed by atoms with Crippen LogP contribution in [0.3, 0.4) is 0 Å². The number of nitrogens with zero attached hydrogens (tertiary/aromatic N) is 1. The van der Waals surface area contributed by atoms with Crippen LogP contribution in [0.1, 0.15) is 11.1 Å². The zero-order chi connectivity index (χ0) is 14.1. The van der Waals surface area contributed by atoms with Crippen molar-refractivity contribution in [1.29, 1.82) is 0 Å². The number of hydrogen-bond acceptors (Lipinski definition) is 1. The van der Waals surface area contributed by atoms with E-state index in [9.17, 15) is 0 Å². The third kappa shape index (κ3) is 2.31. The first-order chi connectivity index (χ1) is 9.70. The molecule has 1 heterocycles. The summed E-state index contributed by atoms with van der Waals surface area (Å²) in [6.45, 7) is 1.20. The summed E-state index contributed by atoms with van der Waals surface area (Å²) in [6.07, 6.45) is 2.06. The first kappa shape index (κ1) is 13.5. The Kier molecular flexibility index (Phi) is 3.70. The Bertz CT molecular complexity index is 762. The Hall–Kier alpha value is -1.48. The molecular formula is C16H14Cl2N2. The molecule has 3 rings (SSSR count). The van der Waals surface area contributed by atoms with Crippen LogP contribution in [0.2, 0.25) is 10.0 Å². The molecule has 0 bridgehead atoms. The van der Waals surface area contributed by atoms with Crippen LogP contribution in [-0.4, -0.2) is 4.57 Å². The fraction of sp³-hybridized carbons (Fsp3) is 0.125. The molecule has 2 nitrogen and oxygen atoms in total. The third-order valence-electron chi connectivity index (χ3n) is 3.46. The standard InChI is InChI=1S/C16H14Cl2N2/c17-14-6-2-5-13(15(14)18)10-20-8-7-11-3-1-4-12(9-19)16(11)20/h1-8H,9-10,19H2. The van der Waals surface area contributed by atoms with E-state index in [1.165, 1.54) is 5.39 Å². The van der Waals surface area contributed by atoms with Crippen molar-refractivity contribution in [2.24, 2.45) is 5.73 Å². The highest BCUT2D eigenvalue weighted by molar-refractivity contribution is 6.42. The maximum absolute atomic E-state index is 6.27. The van der Waals surface area contributed by atoms with Gasteiger partial charge in [0, 0.05) is 19.3 Å². The molecule has 0 amide bonds. The molecule has 0 fully saturated rings. The highest BCUT2D eigenvalue weighted by Crippen LogP contribution is 2.28. The third-order valence-corrected chi connectivity index (χ3v) is 4.32. The van der Waals surface area contributed by atoms with Crippen LogP contribution in [0.15, 0.2) is 48.7 Å². The minimum Gasteiger partial charge on any atom is -0.343 e. The maximum Gasteiger partial charge on any atom is 0.0642 e. The normalized spacial score (nSPS) is 11.2. The molecule has 2 aromatic carbocycles. The Morgan fingerprint density at radius 2 is 1.70 bits per heavy atom. The van der Waals surface area contributed by atoms with Crippen molar-refractivity contribution in [2.45, 2.75) is 13.1 Å². The van der Waals surface area contributed by atoms with Gasteiger partial charge in [-0.25, -0.2) is 0 Å². The van der Waals surface area contributed by atoms with Gasteiger partial charge in [-0.3, -0.25) is 0 Å². The van der Waals surface area contributed by atoms with E-state index >= 15 is 0 Å². The Labute approximate surface area is 127 Å². The summed E-state index contributed by atoms with van der Waals surface area (Å²) in [4.78, 5) is 0. The zero-order valence-electron chi connectivity index (χ0n) is 10.8. The summed E-state index contributed by atoms with van der Waals surface area (Å²) < 4.78 is 2.16. The van der Waals surface area contributed by atoms with Crippen molar-refractivity contribution < 1.29 is 0 Å². The predicted molar refractivity (Wildman–Crippen MR) is 85.4 cm³/mol. The van der Waals surface area contributed by atoms with Gasteiger partial charge in [0.05, 0.1) is 15.6 Å². The SMILES string of the molecule is NCc1cccc2ccn(Cc3cccc(Cl)c3Cl)c12. The second-order valence-electron chi connectivity index (χ2n) is 4.72. The molecule has 0 atom stereocenters. The van der Waals surface area contributed by atoms with E-state index in [-0.39, 0.29) is 0 Å². The van der Waals surface area contributed by atoms with E-state index in [4.69, 9.17) is 28.9 Å². The average Bonchev–Trinajstić information content (AvgIpc) is 2.87. The lowest BCUT2D eigenvalue weighted by Gasteiger charge is -2.11. The molecule has 0 radical (unpaired) electrons. The Morgan fingerprint density at radius 1 is 0.950 bits per heavy atom. The van der Waals surface area contributed by atoms with Gasteiger partial charge >= 0.3 is 0 Å². The number of fused-ring (bicyclic) bond motifs is 1. The highest BCUT2D eigenvalue weighted by atomic mass is 35.5. The average molecular weight is 305 g/mol. The minimum atomic E-state index is 0.518. The minimum absolute atomic E-state index is 0.518. The van der Waals surface area contributed by atoms with Gasteiger partial charge in [-0.15, -0.1) is 0 Å². The van der Waals surface area contributed by atoms with Gasteiger partial charge in [0.25, 0.3) is 0 Å². The first-order valence-corrected chi connectivity index (χ1v) is 7.16. The van der Waals surface area contributed by atoms with Gasteiger partial charge in [0.15, 0.2) is 0 Å². The summed E-state index contributed by atoms with van der Waals surface area (Å²) in [5, 5.41) is 2.38. The Balaban J connectivity index is 2.09. The number of aromatic nitrogens is 1. The molecule has 1 aromatic heterocycles. The molecule has 0 saturated heterocycles. The summed E-state index contributed by atoms with van der Waals surface area (Å²) >= 11 is 12.3. The topological polar surface area (TPSA) is 30.9 Å². The van der Waals surface area contributed by atoms with E-state index in [1.807, 2.05) is 18.2 Å². The summed E-state index contributed by atoms with van der Waals surface area (Å²) in [7, 11) is 0. The molecule has 0 unspecified atom stereocenters. The molecule has 4 heteroatoms. The van der Waals surface area contributed by atoms with E-state index < -0.39 is 0 Å². The molecular weight excluding hydrogens is 291 g/mol. The largest absolute Gasteiger partial charge is 0.343 e. The van der Waals surface area contributed by atoms with Crippen molar-refractivity contribution in [1.82, 2.24) is 4.57 Å². The van der Waals surface area contributed by atoms with E-state index in [0.717, 1.165) is 16.6 Å². The fourth-order valence-electron chi connectivity index (χ4n) is 2.49. The van der Waals surface area contributed by atoms with Crippen molar-refractivity contribution in [3.8, 4) is 0 Å². The molecule has 3 aromatic rings. The maximum atomic E-state index is 6.27. The first-order valence-electron chi connectivity index (χ1n) is 6.40. The van der Waals surface area contributed by atoms with Gasteiger partial charge in [0.1, 0.15) is 0 Å². The van der Waals surface area contributed by atoms with E-state index in [0.29, 0.717) is 23.1 Å². The second-order valence-corrected chi connectivity index (χ2v) is 5.50. The van der Waals surface area contributed by atoms with Gasteiger partial charge in [-0.05, 0) is 28.6 Å². The van der Waals surface area contributed by atoms with Gasteiger partial charge in [-0.1, -0.05) is 53.5 Å². The lowest BCUT2D eigenvalue weighted by Crippen LogP contribution is -2.04. The zero-order valence-corrected chi connectivity index (χ0v) is 12.3. The molecule has 0 aliphatic carbocycles. The van der Waals surface area contributed by atoms with Crippen LogP contribution in [0.4, 0.5) is 0 Å². The molecule has 2 N–H and O–H groups in total. The fourth-order valence-corrected chi connectivity index (χ4v) is 2.87. The Morgan fingerprint density at radius 3 is 2.50 bits per heavy atom. The monoisotopic (exact) mass is 304 g/mol. The summed E-state index contributed by atoms with van der Waals surface area (Å²) in [6, 6.07) is 14.0. The van der Waals surface area contributed by atoms with E-state index in [1.54, 1.807) is 6.07 Å². The highest BCUT2D eigenvalue weighted by Gasteiger charge is 2.09. The van der Waals surface area contributed by atoms with Gasteiger partial charge in [0.2, 0.25) is 0 Å². The number of hydrogen-bond donors (Lipinski definition) is 1. The van der Waals surface area contributed by atoms with Gasteiger partial charge in [-0.2, -0.15) is 0 Å². The van der Waals surface area contributed by atoms with Gasteiger partial charge < -0.3 is 10.3 Å². The molecule has 0 spiro atoms. The molecule has 0 aliphatic rings. The van der Waals surface area contributed by atoms with Crippen molar-refractivity contribution in [3.05, 3.63) is 69.8 Å². The number of para-hydroxylation sites is 1. The molecule has 102 valence electrons. The van der Waals surface area contributed by atoms with Crippen molar-refractivity contribution >= 4 is 34.1 Å². The van der Waals surface area contributed by atoms with Crippen LogP contribution in [-0.2, 0) is 13.1 Å². The van der Waals surface area contributed by atoms with E-state index in [2.05, 4.69) is 29.0 Å². The number of rotatable bonds is 3. The van der Waals surface area contributed by atoms with Crippen LogP contribution in [0.25, 0.3) is 10.9 Å². The number of halogens is 2. The van der Waals surface area contributed by atoms with Crippen LogP contribution in [0, 0.1) is 0 Å².